The summed E-state index contributed by atoms with van der Waals surface area (Å²) in [5, 5.41) is 0. The second-order valence-corrected chi connectivity index (χ2v) is 7.16. The topological polar surface area (TPSA) is 67.8 Å². The number of ether oxygens (including phenoxy) is 2. The Labute approximate surface area is 165 Å². The number of hydrogen-bond donors (Lipinski definition) is 0. The van der Waals surface area contributed by atoms with Crippen molar-refractivity contribution < 1.29 is 14.3 Å². The van der Waals surface area contributed by atoms with Crippen molar-refractivity contribution in [3.05, 3.63) is 48.4 Å². The molecule has 0 spiro atoms. The highest BCUT2D eigenvalue weighted by molar-refractivity contribution is 5.94. The molecule has 4 heterocycles. The zero-order valence-electron chi connectivity index (χ0n) is 16.0. The molecule has 0 radical (unpaired) electrons. The highest BCUT2D eigenvalue weighted by atomic mass is 16.5. The van der Waals surface area contributed by atoms with Crippen LogP contribution in [0.1, 0.15) is 29.6 Å². The molecule has 2 saturated heterocycles. The molecular weight excluding hydrogens is 356 g/mol. The van der Waals surface area contributed by atoms with E-state index in [1.807, 2.05) is 29.2 Å². The summed E-state index contributed by atoms with van der Waals surface area (Å²) in [5.41, 5.74) is 0.640. The normalized spacial score (nSPS) is 18.6. The van der Waals surface area contributed by atoms with Crippen LogP contribution in [-0.2, 0) is 4.74 Å². The molecule has 1 amide bonds. The number of anilines is 1. The Morgan fingerprint density at radius 1 is 1.07 bits per heavy atom. The highest BCUT2D eigenvalue weighted by Gasteiger charge is 2.25. The summed E-state index contributed by atoms with van der Waals surface area (Å²) >= 11 is 0. The maximum atomic E-state index is 12.8. The molecule has 0 saturated carbocycles. The van der Waals surface area contributed by atoms with Gasteiger partial charge in [0.05, 0.1) is 18.4 Å². The van der Waals surface area contributed by atoms with E-state index in [0.717, 1.165) is 57.1 Å². The van der Waals surface area contributed by atoms with E-state index in [0.29, 0.717) is 18.7 Å². The van der Waals surface area contributed by atoms with Gasteiger partial charge in [-0.25, -0.2) is 4.98 Å². The zero-order valence-corrected chi connectivity index (χ0v) is 16.0. The summed E-state index contributed by atoms with van der Waals surface area (Å²) in [5.74, 6) is 1.73. The van der Waals surface area contributed by atoms with Crippen LogP contribution >= 0.6 is 0 Å². The van der Waals surface area contributed by atoms with Gasteiger partial charge >= 0.3 is 0 Å². The van der Waals surface area contributed by atoms with Crippen LogP contribution in [0.5, 0.6) is 5.75 Å². The predicted molar refractivity (Wildman–Crippen MR) is 106 cm³/mol. The molecule has 0 atom stereocenters. The lowest BCUT2D eigenvalue weighted by molar-refractivity contribution is 0.0594. The van der Waals surface area contributed by atoms with E-state index in [9.17, 15) is 4.79 Å². The fraction of sp³-hybridized carbons (Fsp3) is 0.476. The Morgan fingerprint density at radius 2 is 1.96 bits per heavy atom. The third-order valence-electron chi connectivity index (χ3n) is 5.21. The molecule has 7 heteroatoms. The lowest BCUT2D eigenvalue weighted by Gasteiger charge is -2.32. The van der Waals surface area contributed by atoms with Gasteiger partial charge in [0.1, 0.15) is 17.7 Å². The first-order chi connectivity index (χ1) is 13.8. The molecule has 0 aliphatic carbocycles. The molecular formula is C21H26N4O3. The monoisotopic (exact) mass is 382 g/mol. The number of aromatic nitrogens is 2. The largest absolute Gasteiger partial charge is 0.489 e. The Bertz CT molecular complexity index is 753. The van der Waals surface area contributed by atoms with E-state index in [-0.39, 0.29) is 12.0 Å². The van der Waals surface area contributed by atoms with E-state index in [4.69, 9.17) is 9.47 Å². The molecule has 0 unspecified atom stereocenters. The predicted octanol–water partition coefficient (Wildman–Crippen LogP) is 2.39. The lowest BCUT2D eigenvalue weighted by atomic mass is 10.1. The first-order valence-electron chi connectivity index (χ1n) is 9.94. The Morgan fingerprint density at radius 3 is 2.71 bits per heavy atom. The minimum Gasteiger partial charge on any atom is -0.489 e. The van der Waals surface area contributed by atoms with Crippen molar-refractivity contribution in [1.82, 2.24) is 14.9 Å². The number of rotatable bonds is 4. The SMILES string of the molecule is O=C(c1ccc(N2CCCOCC2)nc1)N1CCC(Oc2cccnc2)CC1. The summed E-state index contributed by atoms with van der Waals surface area (Å²) in [6, 6.07) is 7.60. The molecule has 2 aliphatic rings. The molecule has 2 fully saturated rings. The van der Waals surface area contributed by atoms with Crippen molar-refractivity contribution in [1.29, 1.82) is 0 Å². The van der Waals surface area contributed by atoms with Crippen molar-refractivity contribution in [2.45, 2.75) is 25.4 Å². The standard InChI is InChI=1S/C21H26N4O3/c26-21(17-4-5-20(23-15-17)24-9-2-13-27-14-12-24)25-10-6-18(7-11-25)28-19-3-1-8-22-16-19/h1,3-5,8,15-16,18H,2,6-7,9-14H2. The summed E-state index contributed by atoms with van der Waals surface area (Å²) < 4.78 is 11.4. The van der Waals surface area contributed by atoms with Gasteiger partial charge in [0, 0.05) is 58.0 Å². The van der Waals surface area contributed by atoms with Crippen LogP contribution in [0, 0.1) is 0 Å². The van der Waals surface area contributed by atoms with Gasteiger partial charge in [0.25, 0.3) is 5.91 Å². The van der Waals surface area contributed by atoms with Gasteiger partial charge in [-0.15, -0.1) is 0 Å². The van der Waals surface area contributed by atoms with Crippen molar-refractivity contribution in [2.24, 2.45) is 0 Å². The Kier molecular flexibility index (Phi) is 6.01. The number of pyridine rings is 2. The van der Waals surface area contributed by atoms with Gasteiger partial charge in [-0.3, -0.25) is 9.78 Å². The summed E-state index contributed by atoms with van der Waals surface area (Å²) in [4.78, 5) is 25.5. The fourth-order valence-electron chi connectivity index (χ4n) is 3.64. The second kappa shape index (κ2) is 9.01. The van der Waals surface area contributed by atoms with Crippen LogP contribution in [-0.4, -0.2) is 66.3 Å². The molecule has 2 aromatic rings. The van der Waals surface area contributed by atoms with Gasteiger partial charge in [0.15, 0.2) is 0 Å². The molecule has 4 rings (SSSR count). The number of carbonyl (C=O) groups excluding carboxylic acids is 1. The maximum Gasteiger partial charge on any atom is 0.255 e. The number of hydrogen-bond acceptors (Lipinski definition) is 6. The van der Waals surface area contributed by atoms with Crippen LogP contribution < -0.4 is 9.64 Å². The van der Waals surface area contributed by atoms with Gasteiger partial charge in [-0.1, -0.05) is 0 Å². The lowest BCUT2D eigenvalue weighted by Crippen LogP contribution is -2.41. The molecule has 148 valence electrons. The molecule has 28 heavy (non-hydrogen) atoms. The average molecular weight is 382 g/mol. The smallest absolute Gasteiger partial charge is 0.255 e. The van der Waals surface area contributed by atoms with E-state index >= 15 is 0 Å². The van der Waals surface area contributed by atoms with E-state index in [2.05, 4.69) is 14.9 Å². The van der Waals surface area contributed by atoms with Crippen molar-refractivity contribution in [2.75, 3.05) is 44.3 Å². The van der Waals surface area contributed by atoms with Gasteiger partial charge in [-0.05, 0) is 30.7 Å². The minimum absolute atomic E-state index is 0.0399. The van der Waals surface area contributed by atoms with Crippen LogP contribution in [0.2, 0.25) is 0 Å². The van der Waals surface area contributed by atoms with Gasteiger partial charge in [-0.2, -0.15) is 0 Å². The molecule has 0 aromatic carbocycles. The van der Waals surface area contributed by atoms with E-state index < -0.39 is 0 Å². The quantitative estimate of drug-likeness (QED) is 0.809. The zero-order chi connectivity index (χ0) is 19.2. The van der Waals surface area contributed by atoms with Crippen LogP contribution in [0.4, 0.5) is 5.82 Å². The third-order valence-corrected chi connectivity index (χ3v) is 5.21. The summed E-state index contributed by atoms with van der Waals surface area (Å²) in [6.07, 6.45) is 7.91. The first kappa shape index (κ1) is 18.7. The number of carbonyl (C=O) groups is 1. The van der Waals surface area contributed by atoms with Gasteiger partial charge in [0.2, 0.25) is 0 Å². The first-order valence-corrected chi connectivity index (χ1v) is 9.94. The molecule has 2 aromatic heterocycles. The molecule has 0 bridgehead atoms. The average Bonchev–Trinajstić information content (AvgIpc) is 3.04. The highest BCUT2D eigenvalue weighted by Crippen LogP contribution is 2.20. The van der Waals surface area contributed by atoms with Crippen LogP contribution in [0.3, 0.4) is 0 Å². The Hall–Kier alpha value is -2.67. The van der Waals surface area contributed by atoms with Crippen molar-refractivity contribution >= 4 is 11.7 Å². The van der Waals surface area contributed by atoms with Crippen molar-refractivity contribution in [3.63, 3.8) is 0 Å². The number of piperidine rings is 1. The summed E-state index contributed by atoms with van der Waals surface area (Å²) in [6.45, 7) is 4.67. The molecule has 7 nitrogen and oxygen atoms in total. The number of amides is 1. The number of likely N-dealkylation sites (tertiary alicyclic amines) is 1. The second-order valence-electron chi connectivity index (χ2n) is 7.16. The summed E-state index contributed by atoms with van der Waals surface area (Å²) in [7, 11) is 0. The Balaban J connectivity index is 1.31. The minimum atomic E-state index is 0.0399. The molecule has 0 N–H and O–H groups in total. The van der Waals surface area contributed by atoms with Gasteiger partial charge < -0.3 is 19.3 Å². The van der Waals surface area contributed by atoms with Crippen LogP contribution in [0.25, 0.3) is 0 Å². The van der Waals surface area contributed by atoms with E-state index in [1.54, 1.807) is 18.6 Å². The maximum absolute atomic E-state index is 12.8. The van der Waals surface area contributed by atoms with E-state index in [1.165, 1.54) is 0 Å². The fourth-order valence-corrected chi connectivity index (χ4v) is 3.64. The van der Waals surface area contributed by atoms with Crippen molar-refractivity contribution in [3.8, 4) is 5.75 Å². The number of nitrogens with zero attached hydrogens (tertiary/aromatic N) is 4. The molecule has 2 aliphatic heterocycles. The third kappa shape index (κ3) is 4.59. The van der Waals surface area contributed by atoms with Crippen LogP contribution in [0.15, 0.2) is 42.9 Å².